The molecule has 1 atom stereocenters. The number of anilines is 2. The number of nitrogens with one attached hydrogen (secondary N) is 4. The van der Waals surface area contributed by atoms with Gasteiger partial charge < -0.3 is 49.9 Å². The van der Waals surface area contributed by atoms with E-state index in [1.807, 2.05) is 17.9 Å². The Kier molecular flexibility index (Phi) is 19.7. The van der Waals surface area contributed by atoms with Crippen LogP contribution in [-0.2, 0) is 36.9 Å². The van der Waals surface area contributed by atoms with Gasteiger partial charge >= 0.3 is 18.2 Å². The minimum atomic E-state index is -0.807. The third-order valence-electron chi connectivity index (χ3n) is 11.3. The summed E-state index contributed by atoms with van der Waals surface area (Å²) in [7, 11) is 4.33. The monoisotopic (exact) mass is 1010 g/mol. The van der Waals surface area contributed by atoms with E-state index in [2.05, 4.69) is 31.2 Å². The molecule has 5 amide bonds. The van der Waals surface area contributed by atoms with E-state index in [0.29, 0.717) is 65.3 Å². The molecule has 1 fully saturated rings. The smallest absolute Gasteiger partial charge is 0.410 e. The highest BCUT2D eigenvalue weighted by Gasteiger charge is 2.31. The molecule has 72 heavy (non-hydrogen) atoms. The van der Waals surface area contributed by atoms with Crippen molar-refractivity contribution in [2.75, 3.05) is 58.1 Å². The molecule has 4 N–H and O–H groups in total. The lowest BCUT2D eigenvalue weighted by atomic mass is 9.98. The van der Waals surface area contributed by atoms with Gasteiger partial charge in [0.15, 0.2) is 0 Å². The van der Waals surface area contributed by atoms with Gasteiger partial charge in [0.1, 0.15) is 40.1 Å². The predicted molar refractivity (Wildman–Crippen MR) is 272 cm³/mol. The number of pyridine rings is 2. The van der Waals surface area contributed by atoms with Crippen molar-refractivity contribution in [3.63, 3.8) is 0 Å². The molecule has 0 spiro atoms. The second kappa shape index (κ2) is 25.4. The fourth-order valence-corrected chi connectivity index (χ4v) is 8.08. The second-order valence-electron chi connectivity index (χ2n) is 19.1. The number of carbonyl (C=O) groups is 6. The molecule has 2 aromatic heterocycles. The number of ether oxygens (including phenoxy) is 5. The molecule has 1 saturated heterocycles. The quantitative estimate of drug-likeness (QED) is 0.0394. The van der Waals surface area contributed by atoms with Crippen molar-refractivity contribution in [2.24, 2.45) is 0 Å². The lowest BCUT2D eigenvalue weighted by Crippen LogP contribution is -2.44. The van der Waals surface area contributed by atoms with Crippen molar-refractivity contribution in [1.82, 2.24) is 30.4 Å². The average molecular weight is 1020 g/mol. The predicted octanol–water partition coefficient (Wildman–Crippen LogP) is 8.31. The number of likely N-dealkylation sites (tertiary alicyclic amines) is 1. The molecule has 0 saturated carbocycles. The number of nitrogens with zero attached hydrogens (tertiary/aromatic N) is 4. The summed E-state index contributed by atoms with van der Waals surface area (Å²) >= 11 is 6.99. The van der Waals surface area contributed by atoms with Crippen molar-refractivity contribution in [3.05, 3.63) is 94.0 Å². The van der Waals surface area contributed by atoms with E-state index >= 15 is 0 Å². The summed E-state index contributed by atoms with van der Waals surface area (Å²) in [6.07, 6.45) is 4.92. The van der Waals surface area contributed by atoms with E-state index in [-0.39, 0.29) is 72.7 Å². The van der Waals surface area contributed by atoms with Crippen LogP contribution in [0, 0.1) is 6.92 Å². The molecule has 4 aromatic rings. The Hall–Kier alpha value is -6.99. The maximum absolute atomic E-state index is 13.8. The van der Waals surface area contributed by atoms with Crippen molar-refractivity contribution in [3.8, 4) is 22.6 Å². The van der Waals surface area contributed by atoms with Crippen LogP contribution in [0.25, 0.3) is 11.1 Å². The van der Waals surface area contributed by atoms with Crippen LogP contribution in [0.4, 0.5) is 21.0 Å². The molecule has 0 radical (unpaired) electrons. The fraction of sp³-hybridized carbons (Fsp3) is 0.462. The summed E-state index contributed by atoms with van der Waals surface area (Å²) in [4.78, 5) is 90.0. The van der Waals surface area contributed by atoms with Crippen molar-refractivity contribution >= 4 is 58.9 Å². The number of amides is 5. The number of alkyl carbamates (subject to hydrolysis) is 1. The molecule has 0 bridgehead atoms. The summed E-state index contributed by atoms with van der Waals surface area (Å²) in [5.41, 5.74) is 2.67. The molecule has 1 aliphatic heterocycles. The highest BCUT2D eigenvalue weighted by Crippen LogP contribution is 2.38. The van der Waals surface area contributed by atoms with E-state index < -0.39 is 35.2 Å². The SMILES string of the molecule is COC(=O)[C@@H]1CCCCN1Cc1cnc(C(=O)Nc2cccc(-c3cccc(NC(=O)c4cc(OC)c(CN(CCNC(=O)CCCNC(=O)OC(C)(C)C)C(=O)OC(C)(C)C)cn4)c3C)c2Cl)cc1OC. The van der Waals surface area contributed by atoms with Gasteiger partial charge in [-0.25, -0.2) is 9.59 Å². The van der Waals surface area contributed by atoms with Crippen LogP contribution >= 0.6 is 11.6 Å². The van der Waals surface area contributed by atoms with Gasteiger partial charge in [0.25, 0.3) is 11.8 Å². The summed E-state index contributed by atoms with van der Waals surface area (Å²) in [6.45, 7) is 13.9. The summed E-state index contributed by atoms with van der Waals surface area (Å²) in [5.74, 6) is -0.862. The van der Waals surface area contributed by atoms with Gasteiger partial charge in [0.2, 0.25) is 5.91 Å². The van der Waals surface area contributed by atoms with E-state index in [1.165, 1.54) is 38.5 Å². The molecule has 0 aliphatic carbocycles. The van der Waals surface area contributed by atoms with Crippen molar-refractivity contribution in [2.45, 2.75) is 111 Å². The second-order valence-corrected chi connectivity index (χ2v) is 19.5. The van der Waals surface area contributed by atoms with Gasteiger partial charge in [-0.05, 0) is 97.5 Å². The van der Waals surface area contributed by atoms with Gasteiger partial charge in [-0.1, -0.05) is 42.3 Å². The van der Waals surface area contributed by atoms with Crippen LogP contribution in [-0.4, -0.2) is 120 Å². The summed E-state index contributed by atoms with van der Waals surface area (Å²) in [5, 5.41) is 11.5. The Morgan fingerprint density at radius 1 is 0.764 bits per heavy atom. The van der Waals surface area contributed by atoms with Gasteiger partial charge in [0, 0.05) is 79.5 Å². The Balaban J connectivity index is 1.24. The minimum absolute atomic E-state index is 0.0139. The number of esters is 1. The molecule has 5 rings (SSSR count). The lowest BCUT2D eigenvalue weighted by Gasteiger charge is -2.33. The molecular formula is C52H67ClN8O11. The first kappa shape index (κ1) is 55.9. The molecule has 3 heterocycles. The first-order valence-electron chi connectivity index (χ1n) is 23.7. The summed E-state index contributed by atoms with van der Waals surface area (Å²) in [6, 6.07) is 13.2. The maximum atomic E-state index is 13.8. The molecule has 0 unspecified atom stereocenters. The zero-order valence-electron chi connectivity index (χ0n) is 42.8. The van der Waals surface area contributed by atoms with Crippen LogP contribution < -0.4 is 30.7 Å². The first-order chi connectivity index (χ1) is 34.1. The number of halogens is 1. The molecule has 1 aliphatic rings. The van der Waals surface area contributed by atoms with E-state index in [9.17, 15) is 28.8 Å². The Bertz CT molecular complexity index is 2600. The van der Waals surface area contributed by atoms with Gasteiger partial charge in [-0.15, -0.1) is 0 Å². The standard InChI is InChI=1S/C52H67ClN8O11/c1-32-35(36-17-14-19-38(45(36)53)59-47(64)40-27-42(68-8)33(28-56-40)30-60-24-12-11-20-41(60)48(65)70-10)16-13-18-37(32)58-46(63)39-26-43(69-9)34(29-57-39)31-61(50(67)72-52(5,6)7)25-23-54-44(62)21-15-22-55-49(66)71-51(2,3)4/h13-14,16-19,26-29,41H,11-12,15,20-25,30-31H2,1-10H3,(H,54,62)(H,55,66)(H,58,63)(H,59,64)/t41-/m0/s1. The van der Waals surface area contributed by atoms with Crippen LogP contribution in [0.5, 0.6) is 11.5 Å². The number of rotatable bonds is 19. The zero-order valence-corrected chi connectivity index (χ0v) is 43.5. The van der Waals surface area contributed by atoms with Crippen LogP contribution in [0.3, 0.4) is 0 Å². The van der Waals surface area contributed by atoms with E-state index in [4.69, 9.17) is 35.3 Å². The molecule has 2 aromatic carbocycles. The Labute approximate surface area is 426 Å². The maximum Gasteiger partial charge on any atom is 0.410 e. The Morgan fingerprint density at radius 2 is 1.36 bits per heavy atom. The number of aromatic nitrogens is 2. The fourth-order valence-electron chi connectivity index (χ4n) is 7.81. The normalized spacial score (nSPS) is 13.8. The molecule has 20 heteroatoms. The lowest BCUT2D eigenvalue weighted by molar-refractivity contribution is -0.148. The molecule has 19 nitrogen and oxygen atoms in total. The Morgan fingerprint density at radius 3 is 1.99 bits per heavy atom. The van der Waals surface area contributed by atoms with Crippen LogP contribution in [0.2, 0.25) is 5.02 Å². The largest absolute Gasteiger partial charge is 0.496 e. The van der Waals surface area contributed by atoms with Crippen LogP contribution in [0.15, 0.2) is 60.9 Å². The van der Waals surface area contributed by atoms with Crippen molar-refractivity contribution < 1.29 is 52.5 Å². The third kappa shape index (κ3) is 16.0. The van der Waals surface area contributed by atoms with Gasteiger partial charge in [0.05, 0.1) is 38.6 Å². The molecule has 388 valence electrons. The summed E-state index contributed by atoms with van der Waals surface area (Å²) < 4.78 is 27.2. The topological polar surface area (TPSA) is 229 Å². The van der Waals surface area contributed by atoms with E-state index in [0.717, 1.165) is 18.4 Å². The third-order valence-corrected chi connectivity index (χ3v) is 11.7. The van der Waals surface area contributed by atoms with Crippen molar-refractivity contribution in [1.29, 1.82) is 0 Å². The average Bonchev–Trinajstić information content (AvgIpc) is 3.32. The highest BCUT2D eigenvalue weighted by molar-refractivity contribution is 6.36. The molecular weight excluding hydrogens is 948 g/mol. The number of benzene rings is 2. The van der Waals surface area contributed by atoms with Crippen LogP contribution in [0.1, 0.15) is 111 Å². The number of methoxy groups -OCH3 is 3. The van der Waals surface area contributed by atoms with Gasteiger partial charge in [-0.2, -0.15) is 0 Å². The number of piperidine rings is 1. The number of hydrogen-bond donors (Lipinski definition) is 4. The van der Waals surface area contributed by atoms with Gasteiger partial charge in [-0.3, -0.25) is 34.0 Å². The van der Waals surface area contributed by atoms with E-state index in [1.54, 1.807) is 84.1 Å². The first-order valence-corrected chi connectivity index (χ1v) is 24.1. The minimum Gasteiger partial charge on any atom is -0.496 e. The zero-order chi connectivity index (χ0) is 52.8. The number of carbonyl (C=O) groups excluding carboxylic acids is 6. The highest BCUT2D eigenvalue weighted by atomic mass is 35.5. The number of hydrogen-bond acceptors (Lipinski definition) is 14.